The largest absolute Gasteiger partial charge is 0.342 e. The van der Waals surface area contributed by atoms with E-state index >= 15 is 0 Å². The summed E-state index contributed by atoms with van der Waals surface area (Å²) in [5.74, 6) is -0.252. The van der Waals surface area contributed by atoms with Gasteiger partial charge >= 0.3 is 0 Å². The zero-order chi connectivity index (χ0) is 24.1. The molecule has 0 aliphatic carbocycles. The first kappa shape index (κ1) is 23.5. The van der Waals surface area contributed by atoms with Crippen LogP contribution in [0.5, 0.6) is 0 Å². The van der Waals surface area contributed by atoms with Crippen LogP contribution in [0.25, 0.3) is 0 Å². The Kier molecular flexibility index (Phi) is 6.98. The highest BCUT2D eigenvalue weighted by molar-refractivity contribution is 7.92. The second-order valence-electron chi connectivity index (χ2n) is 8.26. The molecule has 0 unspecified atom stereocenters. The Labute approximate surface area is 200 Å². The summed E-state index contributed by atoms with van der Waals surface area (Å²) >= 11 is 0. The molecular formula is C26H27N3O4S. The molecule has 4 rings (SSSR count). The van der Waals surface area contributed by atoms with Crippen molar-refractivity contribution in [1.82, 2.24) is 9.80 Å². The molecule has 1 aliphatic heterocycles. The van der Waals surface area contributed by atoms with Crippen molar-refractivity contribution in [1.29, 1.82) is 0 Å². The van der Waals surface area contributed by atoms with E-state index in [9.17, 15) is 18.0 Å². The summed E-state index contributed by atoms with van der Waals surface area (Å²) in [7, 11) is -3.96. The van der Waals surface area contributed by atoms with Crippen molar-refractivity contribution >= 4 is 28.0 Å². The van der Waals surface area contributed by atoms with Crippen LogP contribution in [0.4, 0.5) is 5.69 Å². The van der Waals surface area contributed by atoms with Gasteiger partial charge < -0.3 is 9.80 Å². The summed E-state index contributed by atoms with van der Waals surface area (Å²) in [5.41, 5.74) is 2.40. The highest BCUT2D eigenvalue weighted by Gasteiger charge is 2.30. The maximum atomic E-state index is 13.8. The van der Waals surface area contributed by atoms with Crippen molar-refractivity contribution in [3.05, 3.63) is 95.6 Å². The Morgan fingerprint density at radius 2 is 1.50 bits per heavy atom. The number of aryl methyl sites for hydroxylation is 1. The molecule has 34 heavy (non-hydrogen) atoms. The topological polar surface area (TPSA) is 78.0 Å². The normalized spacial score (nSPS) is 14.0. The van der Waals surface area contributed by atoms with Gasteiger partial charge in [-0.25, -0.2) is 8.42 Å². The van der Waals surface area contributed by atoms with Crippen LogP contribution in [0.15, 0.2) is 83.8 Å². The lowest BCUT2D eigenvalue weighted by Crippen LogP contribution is -2.48. The van der Waals surface area contributed by atoms with Gasteiger partial charge in [0.2, 0.25) is 6.41 Å². The fourth-order valence-corrected chi connectivity index (χ4v) is 5.43. The molecule has 0 saturated carbocycles. The van der Waals surface area contributed by atoms with Crippen molar-refractivity contribution in [2.24, 2.45) is 0 Å². The average Bonchev–Trinajstić information content (AvgIpc) is 2.88. The lowest BCUT2D eigenvalue weighted by Gasteiger charge is -2.34. The van der Waals surface area contributed by atoms with Gasteiger partial charge in [0.15, 0.2) is 0 Å². The van der Waals surface area contributed by atoms with Crippen molar-refractivity contribution in [2.75, 3.05) is 30.5 Å². The fraction of sp³-hybridized carbons (Fsp3) is 0.231. The van der Waals surface area contributed by atoms with Crippen LogP contribution in [0.3, 0.4) is 0 Å². The van der Waals surface area contributed by atoms with Gasteiger partial charge in [-0.1, -0.05) is 60.2 Å². The molecule has 8 heteroatoms. The van der Waals surface area contributed by atoms with Gasteiger partial charge in [-0.3, -0.25) is 13.9 Å². The van der Waals surface area contributed by atoms with E-state index in [4.69, 9.17) is 0 Å². The number of carbonyl (C=O) groups excluding carboxylic acids is 2. The summed E-state index contributed by atoms with van der Waals surface area (Å²) in [4.78, 5) is 28.0. The Balaban J connectivity index is 1.76. The van der Waals surface area contributed by atoms with Crippen LogP contribution in [-0.4, -0.2) is 56.7 Å². The van der Waals surface area contributed by atoms with Gasteiger partial charge in [-0.05, 0) is 36.8 Å². The molecule has 0 radical (unpaired) electrons. The Morgan fingerprint density at radius 1 is 0.882 bits per heavy atom. The number of carbonyl (C=O) groups is 2. The molecule has 0 bridgehead atoms. The number of sulfonamides is 1. The van der Waals surface area contributed by atoms with E-state index in [0.717, 1.165) is 17.5 Å². The van der Waals surface area contributed by atoms with Crippen LogP contribution < -0.4 is 4.31 Å². The lowest BCUT2D eigenvalue weighted by atomic mass is 10.1. The molecule has 1 heterocycles. The highest BCUT2D eigenvalue weighted by atomic mass is 32.2. The summed E-state index contributed by atoms with van der Waals surface area (Å²) in [6.45, 7) is 3.68. The van der Waals surface area contributed by atoms with Gasteiger partial charge in [0.25, 0.3) is 15.9 Å². The molecule has 3 aromatic carbocycles. The molecule has 1 fully saturated rings. The molecule has 0 spiro atoms. The third-order valence-electron chi connectivity index (χ3n) is 5.93. The second kappa shape index (κ2) is 10.1. The molecular weight excluding hydrogens is 450 g/mol. The maximum absolute atomic E-state index is 13.8. The first-order chi connectivity index (χ1) is 16.4. The average molecular weight is 478 g/mol. The molecule has 176 valence electrons. The Bertz CT molecular complexity index is 1250. The van der Waals surface area contributed by atoms with Crippen LogP contribution >= 0.6 is 0 Å². The van der Waals surface area contributed by atoms with E-state index < -0.39 is 10.0 Å². The van der Waals surface area contributed by atoms with E-state index in [2.05, 4.69) is 0 Å². The summed E-state index contributed by atoms with van der Waals surface area (Å²) in [5, 5.41) is 0. The van der Waals surface area contributed by atoms with E-state index in [0.29, 0.717) is 37.4 Å². The van der Waals surface area contributed by atoms with Gasteiger partial charge in [0, 0.05) is 26.2 Å². The SMILES string of the molecule is Cc1ccc(S(=O)(=O)N(Cc2ccccc2)c2ccccc2C(=O)N2CCN(C=O)CC2)cc1. The van der Waals surface area contributed by atoms with Crippen molar-refractivity contribution in [2.45, 2.75) is 18.4 Å². The zero-order valence-electron chi connectivity index (χ0n) is 19.0. The molecule has 2 amide bonds. The van der Waals surface area contributed by atoms with Crippen molar-refractivity contribution in [3.8, 4) is 0 Å². The molecule has 0 atom stereocenters. The molecule has 0 aromatic heterocycles. The van der Waals surface area contributed by atoms with Crippen LogP contribution in [0.1, 0.15) is 21.5 Å². The predicted octanol–water partition coefficient (Wildman–Crippen LogP) is 3.30. The second-order valence-corrected chi connectivity index (χ2v) is 10.1. The molecule has 3 aromatic rings. The molecule has 7 nitrogen and oxygen atoms in total. The van der Waals surface area contributed by atoms with Crippen LogP contribution in [0.2, 0.25) is 0 Å². The summed E-state index contributed by atoms with van der Waals surface area (Å²) in [6, 6.07) is 22.8. The van der Waals surface area contributed by atoms with Crippen molar-refractivity contribution < 1.29 is 18.0 Å². The quantitative estimate of drug-likeness (QED) is 0.489. The van der Waals surface area contributed by atoms with Gasteiger partial charge in [-0.15, -0.1) is 0 Å². The monoisotopic (exact) mass is 477 g/mol. The van der Waals surface area contributed by atoms with Crippen LogP contribution in [-0.2, 0) is 21.4 Å². The van der Waals surface area contributed by atoms with E-state index in [-0.39, 0.29) is 17.3 Å². The predicted molar refractivity (Wildman–Crippen MR) is 131 cm³/mol. The summed E-state index contributed by atoms with van der Waals surface area (Å²) in [6.07, 6.45) is 0.783. The van der Waals surface area contributed by atoms with E-state index in [1.54, 1.807) is 58.3 Å². The smallest absolute Gasteiger partial charge is 0.264 e. The number of piperazine rings is 1. The highest BCUT2D eigenvalue weighted by Crippen LogP contribution is 2.30. The number of amides is 2. The van der Waals surface area contributed by atoms with Gasteiger partial charge in [0.05, 0.1) is 22.7 Å². The Hall–Kier alpha value is -3.65. The van der Waals surface area contributed by atoms with Crippen LogP contribution in [0, 0.1) is 6.92 Å². The van der Waals surface area contributed by atoms with Crippen molar-refractivity contribution in [3.63, 3.8) is 0 Å². The number of nitrogens with zero attached hydrogens (tertiary/aromatic N) is 3. The molecule has 1 aliphatic rings. The number of hydrogen-bond acceptors (Lipinski definition) is 4. The van der Waals surface area contributed by atoms with E-state index in [1.165, 1.54) is 4.31 Å². The third kappa shape index (κ3) is 4.97. The minimum Gasteiger partial charge on any atom is -0.342 e. The number of para-hydroxylation sites is 1. The number of anilines is 1. The Morgan fingerprint density at radius 3 is 2.15 bits per heavy atom. The maximum Gasteiger partial charge on any atom is 0.264 e. The minimum atomic E-state index is -3.96. The fourth-order valence-electron chi connectivity index (χ4n) is 3.96. The number of benzene rings is 3. The lowest BCUT2D eigenvalue weighted by molar-refractivity contribution is -0.119. The summed E-state index contributed by atoms with van der Waals surface area (Å²) < 4.78 is 29.0. The standard InChI is InChI=1S/C26H27N3O4S/c1-21-11-13-23(14-12-21)34(32,33)29(19-22-7-3-2-4-8-22)25-10-6-5-9-24(25)26(31)28-17-15-27(20-30)16-18-28/h2-14,20H,15-19H2,1H3. The number of rotatable bonds is 7. The van der Waals surface area contributed by atoms with Gasteiger partial charge in [0.1, 0.15) is 0 Å². The minimum absolute atomic E-state index is 0.0836. The first-order valence-electron chi connectivity index (χ1n) is 11.1. The molecule has 1 saturated heterocycles. The molecule has 0 N–H and O–H groups in total. The third-order valence-corrected chi connectivity index (χ3v) is 7.71. The van der Waals surface area contributed by atoms with E-state index in [1.807, 2.05) is 37.3 Å². The van der Waals surface area contributed by atoms with Gasteiger partial charge in [-0.2, -0.15) is 0 Å². The first-order valence-corrected chi connectivity index (χ1v) is 12.5. The number of hydrogen-bond donors (Lipinski definition) is 0. The zero-order valence-corrected chi connectivity index (χ0v) is 19.8.